The Morgan fingerprint density at radius 1 is 1.00 bits per heavy atom. The zero-order chi connectivity index (χ0) is 25.9. The van der Waals surface area contributed by atoms with E-state index in [0.717, 1.165) is 5.56 Å². The molecular formula is C29H23N3O5. The smallest absolute Gasteiger partial charge is 0.343 e. The molecule has 5 rings (SSSR count). The summed E-state index contributed by atoms with van der Waals surface area (Å²) < 4.78 is 12.5. The monoisotopic (exact) mass is 493 g/mol. The quantitative estimate of drug-likeness (QED) is 0.319. The number of aryl methyl sites for hydroxylation is 1. The number of aromatic nitrogens is 2. The lowest BCUT2D eigenvalue weighted by atomic mass is 10.1. The van der Waals surface area contributed by atoms with Gasteiger partial charge in [-0.3, -0.25) is 9.59 Å². The highest BCUT2D eigenvalue weighted by molar-refractivity contribution is 6.07. The van der Waals surface area contributed by atoms with Gasteiger partial charge in [0.25, 0.3) is 5.91 Å². The van der Waals surface area contributed by atoms with Crippen molar-refractivity contribution in [1.29, 1.82) is 0 Å². The van der Waals surface area contributed by atoms with E-state index in [2.05, 4.69) is 10.4 Å². The van der Waals surface area contributed by atoms with Gasteiger partial charge in [0.05, 0.1) is 23.9 Å². The fourth-order valence-corrected chi connectivity index (χ4v) is 3.97. The zero-order valence-electron chi connectivity index (χ0n) is 20.2. The molecule has 3 aromatic carbocycles. The van der Waals surface area contributed by atoms with Crippen LogP contribution in [0.2, 0.25) is 0 Å². The number of amides is 1. The van der Waals surface area contributed by atoms with Crippen LogP contribution in [0.1, 0.15) is 33.2 Å². The highest BCUT2D eigenvalue weighted by atomic mass is 16.5. The van der Waals surface area contributed by atoms with E-state index in [0.29, 0.717) is 33.5 Å². The molecule has 0 atom stereocenters. The number of esters is 1. The summed E-state index contributed by atoms with van der Waals surface area (Å²) in [6, 6.07) is 22.7. The van der Waals surface area contributed by atoms with Crippen LogP contribution in [0.15, 0.2) is 94.3 Å². The third-order valence-electron chi connectivity index (χ3n) is 5.81. The van der Waals surface area contributed by atoms with Gasteiger partial charge in [0.2, 0.25) is 0 Å². The Bertz CT molecular complexity index is 1670. The minimum absolute atomic E-state index is 0.137. The zero-order valence-corrected chi connectivity index (χ0v) is 20.2. The molecule has 0 aliphatic rings. The number of carbonyl (C=O) groups excluding carboxylic acids is 2. The molecule has 0 fully saturated rings. The molecule has 2 heterocycles. The summed E-state index contributed by atoms with van der Waals surface area (Å²) >= 11 is 0. The largest absolute Gasteiger partial charge is 0.462 e. The van der Waals surface area contributed by atoms with Crippen molar-refractivity contribution in [2.24, 2.45) is 0 Å². The van der Waals surface area contributed by atoms with Crippen molar-refractivity contribution in [3.63, 3.8) is 0 Å². The number of ether oxygens (including phenoxy) is 1. The van der Waals surface area contributed by atoms with Crippen LogP contribution >= 0.6 is 0 Å². The van der Waals surface area contributed by atoms with Gasteiger partial charge in [0.1, 0.15) is 16.9 Å². The summed E-state index contributed by atoms with van der Waals surface area (Å²) in [5.41, 5.74) is 3.14. The molecule has 0 aliphatic carbocycles. The van der Waals surface area contributed by atoms with E-state index in [1.807, 2.05) is 43.3 Å². The second kappa shape index (κ2) is 9.94. The summed E-state index contributed by atoms with van der Waals surface area (Å²) in [5.74, 6) is -0.420. The summed E-state index contributed by atoms with van der Waals surface area (Å²) in [4.78, 5) is 38.3. The highest BCUT2D eigenvalue weighted by Crippen LogP contribution is 2.25. The summed E-state index contributed by atoms with van der Waals surface area (Å²) in [6.07, 6.45) is 1.37. The first-order valence-electron chi connectivity index (χ1n) is 11.7. The van der Waals surface area contributed by atoms with E-state index in [1.54, 1.807) is 43.3 Å². The number of benzene rings is 3. The maximum atomic E-state index is 13.2. The molecule has 0 unspecified atom stereocenters. The lowest BCUT2D eigenvalue weighted by Crippen LogP contribution is -2.18. The van der Waals surface area contributed by atoms with Gasteiger partial charge in [-0.05, 0) is 50.2 Å². The van der Waals surface area contributed by atoms with Crippen molar-refractivity contribution in [1.82, 2.24) is 9.78 Å². The van der Waals surface area contributed by atoms with Crippen LogP contribution in [-0.4, -0.2) is 28.3 Å². The van der Waals surface area contributed by atoms with Crippen molar-refractivity contribution in [3.8, 4) is 17.0 Å². The number of hydrogen-bond acceptors (Lipinski definition) is 6. The van der Waals surface area contributed by atoms with Crippen molar-refractivity contribution in [3.05, 3.63) is 112 Å². The van der Waals surface area contributed by atoms with E-state index in [4.69, 9.17) is 9.15 Å². The summed E-state index contributed by atoms with van der Waals surface area (Å²) in [6.45, 7) is 3.81. The van der Waals surface area contributed by atoms with Gasteiger partial charge in [-0.15, -0.1) is 0 Å². The molecule has 0 spiro atoms. The molecule has 184 valence electrons. The number of nitrogens with zero attached hydrogens (tertiary/aromatic N) is 2. The topological polar surface area (TPSA) is 103 Å². The molecule has 5 aromatic rings. The third kappa shape index (κ3) is 4.77. The van der Waals surface area contributed by atoms with Gasteiger partial charge in [0.15, 0.2) is 11.2 Å². The molecule has 0 saturated carbocycles. The van der Waals surface area contributed by atoms with Crippen molar-refractivity contribution >= 4 is 28.7 Å². The molecule has 2 aromatic heterocycles. The predicted octanol–water partition coefficient (Wildman–Crippen LogP) is 5.38. The molecule has 0 bridgehead atoms. The number of carbonyl (C=O) groups is 2. The van der Waals surface area contributed by atoms with Gasteiger partial charge in [0, 0.05) is 17.2 Å². The average molecular weight is 494 g/mol. The van der Waals surface area contributed by atoms with Crippen molar-refractivity contribution in [2.45, 2.75) is 13.8 Å². The Hall–Kier alpha value is -4.98. The molecular weight excluding hydrogens is 470 g/mol. The van der Waals surface area contributed by atoms with Crippen LogP contribution in [0.4, 0.5) is 5.82 Å². The Morgan fingerprint density at radius 3 is 2.49 bits per heavy atom. The number of anilines is 1. The normalized spacial score (nSPS) is 10.9. The Morgan fingerprint density at radius 2 is 1.76 bits per heavy atom. The summed E-state index contributed by atoms with van der Waals surface area (Å²) in [7, 11) is 0. The summed E-state index contributed by atoms with van der Waals surface area (Å²) in [5, 5.41) is 7.61. The molecule has 37 heavy (non-hydrogen) atoms. The van der Waals surface area contributed by atoms with Crippen LogP contribution in [0.25, 0.3) is 28.0 Å². The fraction of sp³-hybridized carbons (Fsp3) is 0.103. The van der Waals surface area contributed by atoms with Gasteiger partial charge < -0.3 is 14.5 Å². The molecule has 0 aliphatic heterocycles. The van der Waals surface area contributed by atoms with Crippen LogP contribution in [0.5, 0.6) is 0 Å². The van der Waals surface area contributed by atoms with Crippen LogP contribution in [0, 0.1) is 6.92 Å². The van der Waals surface area contributed by atoms with Crippen LogP contribution < -0.4 is 10.7 Å². The number of hydrogen-bond donors (Lipinski definition) is 1. The fourth-order valence-electron chi connectivity index (χ4n) is 3.97. The number of para-hydroxylation sites is 1. The van der Waals surface area contributed by atoms with Gasteiger partial charge >= 0.3 is 5.97 Å². The third-order valence-corrected chi connectivity index (χ3v) is 5.81. The first kappa shape index (κ1) is 23.7. The van der Waals surface area contributed by atoms with Crippen LogP contribution in [0.3, 0.4) is 0 Å². The molecule has 1 N–H and O–H groups in total. The van der Waals surface area contributed by atoms with Gasteiger partial charge in [-0.2, -0.15) is 5.10 Å². The first-order valence-corrected chi connectivity index (χ1v) is 11.7. The van der Waals surface area contributed by atoms with E-state index >= 15 is 0 Å². The highest BCUT2D eigenvalue weighted by Gasteiger charge is 2.22. The minimum atomic E-state index is -0.586. The predicted molar refractivity (Wildman–Crippen MR) is 140 cm³/mol. The molecule has 8 nitrogen and oxygen atoms in total. The average Bonchev–Trinajstić information content (AvgIpc) is 3.33. The lowest BCUT2D eigenvalue weighted by Gasteiger charge is -2.11. The maximum absolute atomic E-state index is 13.2. The van der Waals surface area contributed by atoms with E-state index in [1.165, 1.54) is 16.9 Å². The number of fused-ring (bicyclic) bond motifs is 1. The van der Waals surface area contributed by atoms with E-state index < -0.39 is 11.9 Å². The van der Waals surface area contributed by atoms with E-state index in [-0.39, 0.29) is 23.4 Å². The molecule has 8 heteroatoms. The Labute approximate surface area is 212 Å². The molecule has 0 radical (unpaired) electrons. The Kier molecular flexibility index (Phi) is 6.38. The van der Waals surface area contributed by atoms with Gasteiger partial charge in [-0.25, -0.2) is 9.48 Å². The number of rotatable bonds is 6. The van der Waals surface area contributed by atoms with Crippen molar-refractivity contribution in [2.75, 3.05) is 11.9 Å². The van der Waals surface area contributed by atoms with Gasteiger partial charge in [-0.1, -0.05) is 42.0 Å². The SMILES string of the molecule is CCOC(=O)c1cnn(-c2ccccc2)c1NC(=O)c1ccc(-c2cc(=O)c3cc(C)ccc3o2)cc1. The minimum Gasteiger partial charge on any atom is -0.462 e. The maximum Gasteiger partial charge on any atom is 0.343 e. The van der Waals surface area contributed by atoms with Crippen molar-refractivity contribution < 1.29 is 18.7 Å². The van der Waals surface area contributed by atoms with Crippen LogP contribution in [-0.2, 0) is 4.74 Å². The second-order valence-corrected chi connectivity index (χ2v) is 8.38. The second-order valence-electron chi connectivity index (χ2n) is 8.38. The number of nitrogens with one attached hydrogen (secondary N) is 1. The molecule has 0 saturated heterocycles. The standard InChI is InChI=1S/C29H23N3O5/c1-3-36-29(35)23-17-30-32(21-7-5-4-6-8-21)27(23)31-28(34)20-12-10-19(11-13-20)26-16-24(33)22-15-18(2)9-14-25(22)37-26/h4-17H,3H2,1-2H3,(H,31,34). The first-order chi connectivity index (χ1) is 17.9. The van der Waals surface area contributed by atoms with E-state index in [9.17, 15) is 14.4 Å². The Balaban J connectivity index is 1.44. The molecule has 1 amide bonds. The lowest BCUT2D eigenvalue weighted by molar-refractivity contribution is 0.0527.